The van der Waals surface area contributed by atoms with Gasteiger partial charge in [-0.05, 0) is 29.8 Å². The highest BCUT2D eigenvalue weighted by atomic mass is 19.1. The minimum atomic E-state index is -0.409. The number of pyridine rings is 1. The summed E-state index contributed by atoms with van der Waals surface area (Å²) in [5.74, 6) is -0.275. The van der Waals surface area contributed by atoms with Crippen molar-refractivity contribution in [3.8, 4) is 0 Å². The van der Waals surface area contributed by atoms with Gasteiger partial charge in [-0.2, -0.15) is 0 Å². The fourth-order valence-corrected chi connectivity index (χ4v) is 2.60. The molecule has 2 aromatic carbocycles. The fraction of sp³-hybridized carbons (Fsp3) is 0.118. The first-order valence-corrected chi connectivity index (χ1v) is 7.03. The Balaban J connectivity index is 2.00. The molecule has 0 radical (unpaired) electrons. The number of fused-ring (bicyclic) bond motifs is 1. The van der Waals surface area contributed by atoms with Crippen LogP contribution < -0.4 is 4.90 Å². The monoisotopic (exact) mass is 311 g/mol. The van der Waals surface area contributed by atoms with E-state index in [0.717, 1.165) is 16.6 Å². The van der Waals surface area contributed by atoms with E-state index in [0.29, 0.717) is 11.9 Å². The van der Waals surface area contributed by atoms with E-state index in [9.17, 15) is 14.5 Å². The van der Waals surface area contributed by atoms with Crippen LogP contribution in [0.2, 0.25) is 0 Å². The van der Waals surface area contributed by atoms with Gasteiger partial charge < -0.3 is 4.90 Å². The van der Waals surface area contributed by atoms with E-state index in [1.54, 1.807) is 30.5 Å². The molecule has 0 bridgehead atoms. The van der Waals surface area contributed by atoms with E-state index in [-0.39, 0.29) is 11.5 Å². The first-order valence-electron chi connectivity index (χ1n) is 7.03. The van der Waals surface area contributed by atoms with E-state index in [1.807, 2.05) is 11.9 Å². The number of hydrogen-bond donors (Lipinski definition) is 0. The van der Waals surface area contributed by atoms with Gasteiger partial charge in [0.25, 0.3) is 5.69 Å². The molecule has 0 N–H and O–H groups in total. The highest BCUT2D eigenvalue weighted by Gasteiger charge is 2.16. The first-order chi connectivity index (χ1) is 11.1. The van der Waals surface area contributed by atoms with Gasteiger partial charge >= 0.3 is 0 Å². The molecule has 5 nitrogen and oxygen atoms in total. The first kappa shape index (κ1) is 14.9. The summed E-state index contributed by atoms with van der Waals surface area (Å²) < 4.78 is 13.0. The molecular weight excluding hydrogens is 297 g/mol. The largest absolute Gasteiger partial charge is 0.370 e. The van der Waals surface area contributed by atoms with Gasteiger partial charge in [0, 0.05) is 43.1 Å². The predicted molar refractivity (Wildman–Crippen MR) is 86.9 cm³/mol. The molecule has 0 amide bonds. The average molecular weight is 311 g/mol. The summed E-state index contributed by atoms with van der Waals surface area (Å²) in [6, 6.07) is 11.3. The van der Waals surface area contributed by atoms with Crippen molar-refractivity contribution in [2.24, 2.45) is 0 Å². The zero-order chi connectivity index (χ0) is 16.4. The van der Waals surface area contributed by atoms with Gasteiger partial charge in [-0.25, -0.2) is 4.39 Å². The second-order valence-corrected chi connectivity index (χ2v) is 5.26. The van der Waals surface area contributed by atoms with E-state index in [4.69, 9.17) is 0 Å². The number of nitrogens with zero attached hydrogens (tertiary/aromatic N) is 3. The number of benzene rings is 2. The van der Waals surface area contributed by atoms with Crippen LogP contribution >= 0.6 is 0 Å². The smallest absolute Gasteiger partial charge is 0.278 e. The predicted octanol–water partition coefficient (Wildman–Crippen LogP) is 3.92. The quantitative estimate of drug-likeness (QED) is 0.541. The topological polar surface area (TPSA) is 59.3 Å². The molecule has 0 aliphatic carbocycles. The lowest BCUT2D eigenvalue weighted by atomic mass is 10.1. The Bertz CT molecular complexity index is 865. The van der Waals surface area contributed by atoms with Gasteiger partial charge in [-0.3, -0.25) is 15.1 Å². The summed E-state index contributed by atoms with van der Waals surface area (Å²) in [4.78, 5) is 16.7. The Morgan fingerprint density at radius 3 is 2.57 bits per heavy atom. The molecule has 0 fully saturated rings. The molecule has 0 unspecified atom stereocenters. The molecule has 6 heteroatoms. The van der Waals surface area contributed by atoms with Gasteiger partial charge in [0.1, 0.15) is 5.82 Å². The zero-order valence-corrected chi connectivity index (χ0v) is 12.4. The molecule has 0 aliphatic heterocycles. The lowest BCUT2D eigenvalue weighted by molar-refractivity contribution is -0.383. The molecule has 0 aliphatic rings. The van der Waals surface area contributed by atoms with Crippen LogP contribution in [0.15, 0.2) is 54.9 Å². The van der Waals surface area contributed by atoms with E-state index in [2.05, 4.69) is 4.98 Å². The Morgan fingerprint density at radius 1 is 1.13 bits per heavy atom. The number of non-ortho nitro benzene ring substituents is 1. The average Bonchev–Trinajstić information content (AvgIpc) is 2.55. The Kier molecular flexibility index (Phi) is 3.89. The number of aromatic nitrogens is 1. The lowest BCUT2D eigenvalue weighted by Crippen LogP contribution is -2.16. The zero-order valence-electron chi connectivity index (χ0n) is 12.4. The minimum Gasteiger partial charge on any atom is -0.370 e. The van der Waals surface area contributed by atoms with E-state index < -0.39 is 4.92 Å². The van der Waals surface area contributed by atoms with Crippen molar-refractivity contribution in [3.05, 3.63) is 76.4 Å². The van der Waals surface area contributed by atoms with Gasteiger partial charge in [0.2, 0.25) is 0 Å². The maximum Gasteiger partial charge on any atom is 0.278 e. The molecule has 116 valence electrons. The Hall–Kier alpha value is -3.02. The second kappa shape index (κ2) is 6.00. The van der Waals surface area contributed by atoms with Crippen molar-refractivity contribution in [3.63, 3.8) is 0 Å². The third-order valence-corrected chi connectivity index (χ3v) is 3.71. The number of nitro benzene ring substituents is 1. The van der Waals surface area contributed by atoms with Crippen LogP contribution in [0.4, 0.5) is 15.8 Å². The van der Waals surface area contributed by atoms with Crippen LogP contribution in [0, 0.1) is 15.9 Å². The van der Waals surface area contributed by atoms with Crippen molar-refractivity contribution in [2.75, 3.05) is 11.9 Å². The van der Waals surface area contributed by atoms with E-state index >= 15 is 0 Å². The molecular formula is C17H14FN3O2. The molecule has 1 aromatic heterocycles. The van der Waals surface area contributed by atoms with Crippen molar-refractivity contribution < 1.29 is 9.31 Å². The highest BCUT2D eigenvalue weighted by molar-refractivity contribution is 5.99. The molecule has 0 saturated carbocycles. The third kappa shape index (κ3) is 2.96. The number of anilines is 1. The maximum atomic E-state index is 13.0. The van der Waals surface area contributed by atoms with Gasteiger partial charge in [0.05, 0.1) is 10.3 Å². The third-order valence-electron chi connectivity index (χ3n) is 3.71. The molecule has 0 atom stereocenters. The van der Waals surface area contributed by atoms with Crippen LogP contribution in [0.1, 0.15) is 5.56 Å². The van der Waals surface area contributed by atoms with Gasteiger partial charge in [-0.15, -0.1) is 0 Å². The summed E-state index contributed by atoms with van der Waals surface area (Å²) in [6.07, 6.45) is 3.12. The number of rotatable bonds is 4. The van der Waals surface area contributed by atoms with Crippen molar-refractivity contribution >= 4 is 22.1 Å². The number of hydrogen-bond acceptors (Lipinski definition) is 4. The summed E-state index contributed by atoms with van der Waals surface area (Å²) in [7, 11) is 1.89. The normalized spacial score (nSPS) is 10.7. The molecule has 23 heavy (non-hydrogen) atoms. The van der Waals surface area contributed by atoms with Crippen LogP contribution in [0.3, 0.4) is 0 Å². The molecule has 3 aromatic rings. The summed E-state index contributed by atoms with van der Waals surface area (Å²) in [6.45, 7) is 0.565. The van der Waals surface area contributed by atoms with Crippen molar-refractivity contribution in [1.82, 2.24) is 4.98 Å². The molecule has 0 spiro atoms. The molecule has 1 heterocycles. The summed E-state index contributed by atoms with van der Waals surface area (Å²) >= 11 is 0. The van der Waals surface area contributed by atoms with Crippen molar-refractivity contribution in [1.29, 1.82) is 0 Å². The standard InChI is InChI=1S/C17H14FN3O2/c1-20(11-12-2-4-13(18)5-3-12)16-6-7-17(21(22)23)15-10-19-9-8-14(15)16/h2-10H,11H2,1H3. The maximum absolute atomic E-state index is 13.0. The highest BCUT2D eigenvalue weighted by Crippen LogP contribution is 2.32. The second-order valence-electron chi connectivity index (χ2n) is 5.26. The molecule has 0 saturated heterocycles. The fourth-order valence-electron chi connectivity index (χ4n) is 2.60. The van der Waals surface area contributed by atoms with Gasteiger partial charge in [-0.1, -0.05) is 12.1 Å². The van der Waals surface area contributed by atoms with Crippen LogP contribution in [-0.4, -0.2) is 17.0 Å². The van der Waals surface area contributed by atoms with Crippen LogP contribution in [0.5, 0.6) is 0 Å². The van der Waals surface area contributed by atoms with Crippen LogP contribution in [0.25, 0.3) is 10.8 Å². The number of nitro groups is 1. The van der Waals surface area contributed by atoms with Crippen LogP contribution in [-0.2, 0) is 6.54 Å². The SMILES string of the molecule is CN(Cc1ccc(F)cc1)c1ccc([N+](=O)[O-])c2cnccc12. The summed E-state index contributed by atoms with van der Waals surface area (Å²) in [5.41, 5.74) is 1.85. The van der Waals surface area contributed by atoms with E-state index in [1.165, 1.54) is 24.4 Å². The lowest BCUT2D eigenvalue weighted by Gasteiger charge is -2.21. The molecule has 3 rings (SSSR count). The van der Waals surface area contributed by atoms with Crippen molar-refractivity contribution in [2.45, 2.75) is 6.54 Å². The Labute approximate surface area is 132 Å². The summed E-state index contributed by atoms with van der Waals surface area (Å²) in [5, 5.41) is 12.4. The van der Waals surface area contributed by atoms with Gasteiger partial charge in [0.15, 0.2) is 0 Å². The number of halogens is 1. The minimum absolute atomic E-state index is 0.0343. The Morgan fingerprint density at radius 2 is 1.87 bits per heavy atom.